The van der Waals surface area contributed by atoms with Crippen LogP contribution in [0.25, 0.3) is 0 Å². The third-order valence-corrected chi connectivity index (χ3v) is 3.25. The lowest BCUT2D eigenvalue weighted by Gasteiger charge is -2.07. The van der Waals surface area contributed by atoms with Gasteiger partial charge in [-0.05, 0) is 37.6 Å². The predicted molar refractivity (Wildman–Crippen MR) is 89.9 cm³/mol. The smallest absolute Gasteiger partial charge is 0.119 e. The summed E-state index contributed by atoms with van der Waals surface area (Å²) < 4.78 is 5.50. The van der Waals surface area contributed by atoms with Gasteiger partial charge in [0.05, 0.1) is 6.61 Å². The van der Waals surface area contributed by atoms with E-state index in [0.717, 1.165) is 25.4 Å². The molecule has 1 aromatic carbocycles. The summed E-state index contributed by atoms with van der Waals surface area (Å²) >= 11 is 0. The van der Waals surface area contributed by atoms with Crippen molar-refractivity contribution in [3.05, 3.63) is 29.8 Å². The molecule has 0 atom stereocenters. The van der Waals surface area contributed by atoms with E-state index < -0.39 is 0 Å². The second kappa shape index (κ2) is 13.3. The zero-order valence-electron chi connectivity index (χ0n) is 13.0. The Kier molecular flexibility index (Phi) is 12.8. The molecule has 116 valence electrons. The van der Waals surface area contributed by atoms with Crippen LogP contribution in [0.4, 0.5) is 0 Å². The molecule has 0 aliphatic rings. The summed E-state index contributed by atoms with van der Waals surface area (Å²) in [6, 6.07) is 8.35. The molecule has 0 bridgehead atoms. The van der Waals surface area contributed by atoms with Crippen LogP contribution in [0.5, 0.6) is 5.75 Å². The Morgan fingerprint density at radius 1 is 1.00 bits per heavy atom. The summed E-state index contributed by atoms with van der Waals surface area (Å²) in [5.74, 6) is 0.973. The summed E-state index contributed by atoms with van der Waals surface area (Å²) in [6.07, 6.45) is 8.13. The number of halogens is 1. The van der Waals surface area contributed by atoms with Crippen molar-refractivity contribution >= 4 is 12.4 Å². The Labute approximate surface area is 130 Å². The number of ether oxygens (including phenoxy) is 1. The number of rotatable bonds is 11. The van der Waals surface area contributed by atoms with E-state index in [1.807, 2.05) is 13.0 Å². The van der Waals surface area contributed by atoms with Crippen LogP contribution < -0.4 is 10.1 Å². The van der Waals surface area contributed by atoms with E-state index in [1.165, 1.54) is 44.1 Å². The molecule has 0 aliphatic heterocycles. The highest BCUT2D eigenvalue weighted by molar-refractivity contribution is 5.85. The fourth-order valence-electron chi connectivity index (χ4n) is 2.17. The summed E-state index contributed by atoms with van der Waals surface area (Å²) in [7, 11) is 0. The standard InChI is InChI=1S/C17H29NO.ClH/c1-3-5-6-7-8-9-13-18-15-16-11-10-12-17(14-16)19-4-2;/h10-12,14,18H,3-9,13,15H2,1-2H3;1H. The number of hydrogen-bond acceptors (Lipinski definition) is 2. The maximum absolute atomic E-state index is 5.50. The van der Waals surface area contributed by atoms with Crippen LogP contribution in [0, 0.1) is 0 Å². The third kappa shape index (κ3) is 9.22. The van der Waals surface area contributed by atoms with E-state index >= 15 is 0 Å². The summed E-state index contributed by atoms with van der Waals surface area (Å²) in [4.78, 5) is 0. The second-order valence-electron chi connectivity index (χ2n) is 5.02. The fraction of sp³-hybridized carbons (Fsp3) is 0.647. The average molecular weight is 300 g/mol. The van der Waals surface area contributed by atoms with Gasteiger partial charge in [0.25, 0.3) is 0 Å². The molecule has 0 heterocycles. The Balaban J connectivity index is 0.00000361. The first-order valence-electron chi connectivity index (χ1n) is 7.79. The highest BCUT2D eigenvalue weighted by Gasteiger charge is 1.96. The molecule has 0 aromatic heterocycles. The van der Waals surface area contributed by atoms with Crippen molar-refractivity contribution in [2.24, 2.45) is 0 Å². The molecule has 0 fully saturated rings. The maximum atomic E-state index is 5.50. The van der Waals surface area contributed by atoms with Crippen LogP contribution in [0.2, 0.25) is 0 Å². The minimum absolute atomic E-state index is 0. The molecule has 0 amide bonds. The molecule has 1 N–H and O–H groups in total. The second-order valence-corrected chi connectivity index (χ2v) is 5.02. The van der Waals surface area contributed by atoms with E-state index in [9.17, 15) is 0 Å². The van der Waals surface area contributed by atoms with Gasteiger partial charge in [-0.25, -0.2) is 0 Å². The third-order valence-electron chi connectivity index (χ3n) is 3.25. The van der Waals surface area contributed by atoms with Crippen LogP contribution in [-0.2, 0) is 6.54 Å². The molecule has 0 radical (unpaired) electrons. The molecular formula is C17H30ClNO. The summed E-state index contributed by atoms with van der Waals surface area (Å²) in [5.41, 5.74) is 1.30. The lowest BCUT2D eigenvalue weighted by molar-refractivity contribution is 0.340. The van der Waals surface area contributed by atoms with Gasteiger partial charge in [-0.15, -0.1) is 12.4 Å². The van der Waals surface area contributed by atoms with Crippen molar-refractivity contribution in [1.82, 2.24) is 5.32 Å². The molecule has 0 aliphatic carbocycles. The van der Waals surface area contributed by atoms with Gasteiger partial charge in [-0.3, -0.25) is 0 Å². The molecule has 1 aromatic rings. The topological polar surface area (TPSA) is 21.3 Å². The zero-order chi connectivity index (χ0) is 13.8. The minimum Gasteiger partial charge on any atom is -0.494 e. The van der Waals surface area contributed by atoms with Crippen LogP contribution in [0.1, 0.15) is 57.9 Å². The zero-order valence-corrected chi connectivity index (χ0v) is 13.8. The van der Waals surface area contributed by atoms with Gasteiger partial charge in [-0.2, -0.15) is 0 Å². The number of hydrogen-bond donors (Lipinski definition) is 1. The molecule has 1 rings (SSSR count). The van der Waals surface area contributed by atoms with Crippen molar-refractivity contribution in [1.29, 1.82) is 0 Å². The van der Waals surface area contributed by atoms with Gasteiger partial charge in [0.1, 0.15) is 5.75 Å². The number of nitrogens with one attached hydrogen (secondary N) is 1. The Morgan fingerprint density at radius 3 is 2.50 bits per heavy atom. The van der Waals surface area contributed by atoms with Crippen LogP contribution in [-0.4, -0.2) is 13.2 Å². The van der Waals surface area contributed by atoms with Crippen molar-refractivity contribution in [3.63, 3.8) is 0 Å². The monoisotopic (exact) mass is 299 g/mol. The van der Waals surface area contributed by atoms with Gasteiger partial charge in [0.15, 0.2) is 0 Å². The predicted octanol–water partition coefficient (Wildman–Crippen LogP) is 4.96. The number of unbranched alkanes of at least 4 members (excludes halogenated alkanes) is 5. The van der Waals surface area contributed by atoms with Gasteiger partial charge < -0.3 is 10.1 Å². The van der Waals surface area contributed by atoms with Gasteiger partial charge in [0.2, 0.25) is 0 Å². The van der Waals surface area contributed by atoms with Crippen molar-refractivity contribution in [2.75, 3.05) is 13.2 Å². The Bertz CT molecular complexity index is 331. The summed E-state index contributed by atoms with van der Waals surface area (Å²) in [6.45, 7) is 7.07. The van der Waals surface area contributed by atoms with Crippen LogP contribution in [0.15, 0.2) is 24.3 Å². The molecule has 0 saturated heterocycles. The molecule has 2 nitrogen and oxygen atoms in total. The molecule has 0 unspecified atom stereocenters. The molecule has 0 saturated carbocycles. The van der Waals surface area contributed by atoms with E-state index in [0.29, 0.717) is 0 Å². The minimum atomic E-state index is 0. The van der Waals surface area contributed by atoms with E-state index in [4.69, 9.17) is 4.74 Å². The van der Waals surface area contributed by atoms with Crippen molar-refractivity contribution in [2.45, 2.75) is 58.9 Å². The first-order chi connectivity index (χ1) is 9.36. The SMILES string of the molecule is CCCCCCCCNCc1cccc(OCC)c1.Cl. The largest absolute Gasteiger partial charge is 0.494 e. The fourth-order valence-corrected chi connectivity index (χ4v) is 2.17. The lowest BCUT2D eigenvalue weighted by Crippen LogP contribution is -2.14. The van der Waals surface area contributed by atoms with Gasteiger partial charge in [-0.1, -0.05) is 51.2 Å². The quantitative estimate of drug-likeness (QED) is 0.583. The lowest BCUT2D eigenvalue weighted by atomic mass is 10.1. The molecule has 3 heteroatoms. The van der Waals surface area contributed by atoms with Gasteiger partial charge in [0, 0.05) is 6.54 Å². The first kappa shape index (κ1) is 19.3. The summed E-state index contributed by atoms with van der Waals surface area (Å²) in [5, 5.41) is 3.51. The van der Waals surface area contributed by atoms with Gasteiger partial charge >= 0.3 is 0 Å². The van der Waals surface area contributed by atoms with E-state index in [-0.39, 0.29) is 12.4 Å². The first-order valence-corrected chi connectivity index (χ1v) is 7.79. The highest BCUT2D eigenvalue weighted by atomic mass is 35.5. The highest BCUT2D eigenvalue weighted by Crippen LogP contribution is 2.13. The van der Waals surface area contributed by atoms with Crippen LogP contribution >= 0.6 is 12.4 Å². The molecule has 20 heavy (non-hydrogen) atoms. The van der Waals surface area contributed by atoms with Crippen molar-refractivity contribution in [3.8, 4) is 5.75 Å². The Morgan fingerprint density at radius 2 is 1.75 bits per heavy atom. The molecular weight excluding hydrogens is 270 g/mol. The van der Waals surface area contributed by atoms with Crippen LogP contribution in [0.3, 0.4) is 0 Å². The van der Waals surface area contributed by atoms with E-state index in [2.05, 4.69) is 30.4 Å². The molecule has 0 spiro atoms. The Hall–Kier alpha value is -0.730. The maximum Gasteiger partial charge on any atom is 0.119 e. The van der Waals surface area contributed by atoms with Crippen molar-refractivity contribution < 1.29 is 4.74 Å². The normalized spacial score (nSPS) is 10.1. The number of benzene rings is 1. The average Bonchev–Trinajstić information content (AvgIpc) is 2.43. The van der Waals surface area contributed by atoms with E-state index in [1.54, 1.807) is 0 Å².